The largest absolute Gasteiger partial charge is 0.329 e. The number of piperidine rings is 1. The zero-order valence-corrected chi connectivity index (χ0v) is 18.8. The summed E-state index contributed by atoms with van der Waals surface area (Å²) in [4.78, 5) is 10.2. The topological polar surface area (TPSA) is 41.1 Å². The standard InChI is InChI=1S/C11H15NO.C6H5F.C5H11N.HI.2H2/c1-11(2,3)9-5-4-6-10(7-9)12-8-13;7-6-4-2-1-3-5-6;1-2-4-6-5-3-1;;;/h4-8H,1-3H3,(H,12,13);1-5H;6H,1-5H2;3*1H. The maximum absolute atomic E-state index is 11.9. The third kappa shape index (κ3) is 12.5. The minimum absolute atomic E-state index is 0. The molecule has 2 N–H and O–H groups in total. The number of halogens is 2. The van der Waals surface area contributed by atoms with Crippen molar-refractivity contribution >= 4 is 36.1 Å². The maximum atomic E-state index is 11.9. The van der Waals surface area contributed by atoms with Gasteiger partial charge in [-0.25, -0.2) is 4.39 Å². The van der Waals surface area contributed by atoms with Gasteiger partial charge in [0.1, 0.15) is 5.82 Å². The summed E-state index contributed by atoms with van der Waals surface area (Å²) >= 11 is 0. The number of rotatable bonds is 2. The Kier molecular flexibility index (Phi) is 13.8. The normalized spacial score (nSPS) is 12.9. The molecule has 0 atom stereocenters. The Bertz CT molecular complexity index is 625. The van der Waals surface area contributed by atoms with Crippen LogP contribution < -0.4 is 10.6 Å². The van der Waals surface area contributed by atoms with E-state index in [2.05, 4.69) is 37.5 Å². The summed E-state index contributed by atoms with van der Waals surface area (Å²) in [5.41, 5.74) is 2.20. The van der Waals surface area contributed by atoms with Gasteiger partial charge in [0.15, 0.2) is 0 Å². The van der Waals surface area contributed by atoms with Crippen molar-refractivity contribution in [1.82, 2.24) is 5.32 Å². The first-order valence-corrected chi connectivity index (χ1v) is 9.15. The number of carbonyl (C=O) groups excluding carboxylic acids is 1. The first-order chi connectivity index (χ1) is 12.4. The monoisotopic (exact) mass is 490 g/mol. The van der Waals surface area contributed by atoms with E-state index in [1.807, 2.05) is 18.2 Å². The zero-order valence-electron chi connectivity index (χ0n) is 16.5. The fraction of sp³-hybridized carbons (Fsp3) is 0.409. The first-order valence-electron chi connectivity index (χ1n) is 9.15. The second-order valence-corrected chi connectivity index (χ2v) is 7.20. The van der Waals surface area contributed by atoms with Crippen molar-refractivity contribution in [2.45, 2.75) is 45.4 Å². The second kappa shape index (κ2) is 14.6. The Balaban J connectivity index is -0.000000362. The van der Waals surface area contributed by atoms with Crippen molar-refractivity contribution in [3.63, 3.8) is 0 Å². The lowest BCUT2D eigenvalue weighted by atomic mass is 9.87. The molecule has 1 aliphatic rings. The van der Waals surface area contributed by atoms with Crippen LogP contribution in [0.2, 0.25) is 0 Å². The van der Waals surface area contributed by atoms with Gasteiger partial charge in [0.25, 0.3) is 0 Å². The Hall–Kier alpha value is -1.47. The van der Waals surface area contributed by atoms with Crippen LogP contribution in [0.1, 0.15) is 48.5 Å². The van der Waals surface area contributed by atoms with Gasteiger partial charge in [-0.1, -0.05) is 57.5 Å². The van der Waals surface area contributed by atoms with Crippen LogP contribution in [-0.4, -0.2) is 19.5 Å². The molecule has 0 aromatic heterocycles. The number of anilines is 1. The van der Waals surface area contributed by atoms with E-state index >= 15 is 0 Å². The summed E-state index contributed by atoms with van der Waals surface area (Å²) in [5.74, 6) is -0.178. The minimum atomic E-state index is -0.178. The van der Waals surface area contributed by atoms with Gasteiger partial charge in [-0.15, -0.1) is 24.0 Å². The van der Waals surface area contributed by atoms with Crippen LogP contribution >= 0.6 is 24.0 Å². The van der Waals surface area contributed by atoms with Gasteiger partial charge >= 0.3 is 0 Å². The summed E-state index contributed by atoms with van der Waals surface area (Å²) < 4.78 is 11.9. The molecule has 1 aliphatic heterocycles. The highest BCUT2D eigenvalue weighted by Gasteiger charge is 2.13. The van der Waals surface area contributed by atoms with E-state index in [9.17, 15) is 9.18 Å². The molecule has 0 aliphatic carbocycles. The summed E-state index contributed by atoms with van der Waals surface area (Å²) in [7, 11) is 0. The van der Waals surface area contributed by atoms with E-state index in [-0.39, 0.29) is 38.1 Å². The molecule has 2 aromatic rings. The fourth-order valence-corrected chi connectivity index (χ4v) is 2.36. The highest BCUT2D eigenvalue weighted by Crippen LogP contribution is 2.24. The number of benzene rings is 2. The molecule has 154 valence electrons. The average Bonchev–Trinajstić information content (AvgIpc) is 2.65. The smallest absolute Gasteiger partial charge is 0.211 e. The maximum Gasteiger partial charge on any atom is 0.211 e. The molecule has 0 saturated carbocycles. The fourth-order valence-electron chi connectivity index (χ4n) is 2.36. The van der Waals surface area contributed by atoms with Crippen LogP contribution in [0, 0.1) is 5.82 Å². The number of hydrogen-bond donors (Lipinski definition) is 2. The molecule has 2 aromatic carbocycles. The SMILES string of the molecule is C1CCNCC1.CC(C)(C)c1cccc(NC=O)c1.Fc1ccccc1.I.[HH].[HH]. The molecule has 27 heavy (non-hydrogen) atoms. The average molecular weight is 490 g/mol. The molecule has 1 fully saturated rings. The predicted octanol–water partition coefficient (Wildman–Crippen LogP) is 6.25. The third-order valence-electron chi connectivity index (χ3n) is 3.89. The van der Waals surface area contributed by atoms with E-state index < -0.39 is 0 Å². The molecule has 1 heterocycles. The molecule has 1 saturated heterocycles. The molecule has 3 nitrogen and oxygen atoms in total. The van der Waals surface area contributed by atoms with Crippen molar-refractivity contribution in [2.24, 2.45) is 0 Å². The molecule has 0 unspecified atom stereocenters. The van der Waals surface area contributed by atoms with Crippen molar-refractivity contribution in [1.29, 1.82) is 0 Å². The van der Waals surface area contributed by atoms with E-state index in [1.165, 1.54) is 50.0 Å². The second-order valence-electron chi connectivity index (χ2n) is 7.20. The quantitative estimate of drug-likeness (QED) is 0.386. The highest BCUT2D eigenvalue weighted by molar-refractivity contribution is 14.0. The molecular formula is C22H36FIN2O. The number of nitrogens with one attached hydrogen (secondary N) is 2. The van der Waals surface area contributed by atoms with Gasteiger partial charge in [0.2, 0.25) is 6.41 Å². The number of hydrogen-bond acceptors (Lipinski definition) is 2. The predicted molar refractivity (Wildman–Crippen MR) is 128 cm³/mol. The Morgan fingerprint density at radius 2 is 1.63 bits per heavy atom. The van der Waals surface area contributed by atoms with Crippen molar-refractivity contribution < 1.29 is 12.0 Å². The summed E-state index contributed by atoms with van der Waals surface area (Å²) in [5, 5.41) is 5.92. The van der Waals surface area contributed by atoms with Gasteiger partial charge in [-0.05, 0) is 61.2 Å². The van der Waals surface area contributed by atoms with Crippen LogP contribution in [0.25, 0.3) is 0 Å². The van der Waals surface area contributed by atoms with Crippen LogP contribution in [0.5, 0.6) is 0 Å². The third-order valence-corrected chi connectivity index (χ3v) is 3.89. The van der Waals surface area contributed by atoms with Crippen molar-refractivity contribution in [3.05, 3.63) is 66.0 Å². The van der Waals surface area contributed by atoms with Gasteiger partial charge < -0.3 is 10.6 Å². The Morgan fingerprint density at radius 3 is 2.00 bits per heavy atom. The van der Waals surface area contributed by atoms with Crippen LogP contribution in [-0.2, 0) is 10.2 Å². The lowest BCUT2D eigenvalue weighted by molar-refractivity contribution is -0.105. The van der Waals surface area contributed by atoms with E-state index in [0.29, 0.717) is 6.41 Å². The summed E-state index contributed by atoms with van der Waals surface area (Å²) in [6.07, 6.45) is 4.91. The van der Waals surface area contributed by atoms with E-state index in [4.69, 9.17) is 0 Å². The molecule has 1 amide bonds. The molecule has 0 spiro atoms. The van der Waals surface area contributed by atoms with Gasteiger partial charge in [-0.3, -0.25) is 4.79 Å². The van der Waals surface area contributed by atoms with Crippen molar-refractivity contribution in [3.8, 4) is 0 Å². The lowest BCUT2D eigenvalue weighted by Crippen LogP contribution is -2.21. The first kappa shape index (κ1) is 25.5. The molecule has 0 bridgehead atoms. The van der Waals surface area contributed by atoms with Gasteiger partial charge in [0.05, 0.1) is 0 Å². The Morgan fingerprint density at radius 1 is 1.00 bits per heavy atom. The summed E-state index contributed by atoms with van der Waals surface area (Å²) in [6, 6.07) is 15.8. The molecular weight excluding hydrogens is 454 g/mol. The van der Waals surface area contributed by atoms with Crippen LogP contribution in [0.15, 0.2) is 54.6 Å². The lowest BCUT2D eigenvalue weighted by Gasteiger charge is -2.19. The van der Waals surface area contributed by atoms with Gasteiger partial charge in [0, 0.05) is 8.54 Å². The van der Waals surface area contributed by atoms with E-state index in [1.54, 1.807) is 18.2 Å². The minimum Gasteiger partial charge on any atom is -0.329 e. The summed E-state index contributed by atoms with van der Waals surface area (Å²) in [6.45, 7) is 8.94. The van der Waals surface area contributed by atoms with E-state index in [0.717, 1.165) is 5.69 Å². The number of carbonyl (C=O) groups is 1. The Labute approximate surface area is 183 Å². The molecule has 5 heteroatoms. The molecule has 3 rings (SSSR count). The number of amides is 1. The van der Waals surface area contributed by atoms with Crippen LogP contribution in [0.3, 0.4) is 0 Å². The van der Waals surface area contributed by atoms with Crippen LogP contribution in [0.4, 0.5) is 10.1 Å². The molecule has 0 radical (unpaired) electrons. The van der Waals surface area contributed by atoms with Crippen molar-refractivity contribution in [2.75, 3.05) is 18.4 Å². The zero-order chi connectivity index (χ0) is 19.3. The highest BCUT2D eigenvalue weighted by atomic mass is 127. The van der Waals surface area contributed by atoms with Gasteiger partial charge in [-0.2, -0.15) is 0 Å².